The Labute approximate surface area is 123 Å². The van der Waals surface area contributed by atoms with Gasteiger partial charge < -0.3 is 9.88 Å². The van der Waals surface area contributed by atoms with Gasteiger partial charge in [-0.2, -0.15) is 5.10 Å². The quantitative estimate of drug-likeness (QED) is 0.832. The van der Waals surface area contributed by atoms with Crippen LogP contribution < -0.4 is 0 Å². The molecule has 110 valence electrons. The smallest absolute Gasteiger partial charge is 0.275 e. The van der Waals surface area contributed by atoms with Gasteiger partial charge in [0, 0.05) is 24.2 Å². The molecule has 0 radical (unpaired) electrons. The van der Waals surface area contributed by atoms with Crippen molar-refractivity contribution in [3.8, 4) is 0 Å². The van der Waals surface area contributed by atoms with Crippen LogP contribution in [0.4, 0.5) is 0 Å². The lowest BCUT2D eigenvalue weighted by Gasteiger charge is -2.26. The minimum absolute atomic E-state index is 0.0434. The molecule has 2 N–H and O–H groups in total. The van der Waals surface area contributed by atoms with Gasteiger partial charge in [-0.25, -0.2) is 4.98 Å². The van der Waals surface area contributed by atoms with Crippen LogP contribution in [0.2, 0.25) is 0 Å². The highest BCUT2D eigenvalue weighted by Crippen LogP contribution is 2.27. The Hall–Kier alpha value is -2.11. The van der Waals surface area contributed by atoms with Gasteiger partial charge in [0.15, 0.2) is 5.69 Å². The molecule has 0 spiro atoms. The molecule has 21 heavy (non-hydrogen) atoms. The lowest BCUT2D eigenvalue weighted by molar-refractivity contribution is 0.0724. The van der Waals surface area contributed by atoms with E-state index in [0.29, 0.717) is 24.7 Å². The Balaban J connectivity index is 1.60. The maximum Gasteiger partial charge on any atom is 0.275 e. The fourth-order valence-corrected chi connectivity index (χ4v) is 3.38. The van der Waals surface area contributed by atoms with Crippen molar-refractivity contribution < 1.29 is 4.79 Å². The van der Waals surface area contributed by atoms with Crippen molar-refractivity contribution >= 4 is 5.91 Å². The maximum absolute atomic E-state index is 12.8. The van der Waals surface area contributed by atoms with E-state index in [4.69, 9.17) is 0 Å². The summed E-state index contributed by atoms with van der Waals surface area (Å²) < 4.78 is 0. The summed E-state index contributed by atoms with van der Waals surface area (Å²) in [5, 5.41) is 7.37. The number of rotatable bonds is 1. The van der Waals surface area contributed by atoms with Crippen LogP contribution >= 0.6 is 0 Å². The molecule has 0 saturated heterocycles. The standard InChI is InChI=1S/C15H19N5O/c1-9-2-3-11-10(6-9)14(19-18-11)15(21)20-5-4-12-13(7-20)17-8-16-12/h8-9H,2-7H2,1H3,(H,16,17)(H,18,19)/t9-/m0/s1. The molecular weight excluding hydrogens is 266 g/mol. The Morgan fingerprint density at radius 1 is 1.38 bits per heavy atom. The molecule has 0 unspecified atom stereocenters. The molecular formula is C15H19N5O. The van der Waals surface area contributed by atoms with Crippen molar-refractivity contribution in [3.05, 3.63) is 34.7 Å². The van der Waals surface area contributed by atoms with Crippen LogP contribution in [-0.4, -0.2) is 37.5 Å². The van der Waals surface area contributed by atoms with Gasteiger partial charge in [0.2, 0.25) is 0 Å². The molecule has 6 nitrogen and oxygen atoms in total. The Morgan fingerprint density at radius 2 is 2.29 bits per heavy atom. The zero-order valence-electron chi connectivity index (χ0n) is 12.1. The molecule has 0 aromatic carbocycles. The third-order valence-electron chi connectivity index (χ3n) is 4.66. The lowest BCUT2D eigenvalue weighted by atomic mass is 9.87. The number of aromatic nitrogens is 4. The number of imidazole rings is 1. The first-order valence-electron chi connectivity index (χ1n) is 7.59. The van der Waals surface area contributed by atoms with E-state index in [0.717, 1.165) is 41.9 Å². The normalized spacial score (nSPS) is 21.0. The minimum atomic E-state index is 0.0434. The molecule has 1 amide bonds. The summed E-state index contributed by atoms with van der Waals surface area (Å²) in [6.45, 7) is 3.56. The molecule has 1 atom stereocenters. The van der Waals surface area contributed by atoms with Crippen LogP contribution in [0.1, 0.15) is 46.5 Å². The predicted octanol–water partition coefficient (Wildman–Crippen LogP) is 1.46. The van der Waals surface area contributed by atoms with Gasteiger partial charge in [0.1, 0.15) is 0 Å². The number of aryl methyl sites for hydroxylation is 1. The number of amides is 1. The second-order valence-electron chi connectivity index (χ2n) is 6.18. The number of carbonyl (C=O) groups is 1. The van der Waals surface area contributed by atoms with E-state index in [2.05, 4.69) is 27.1 Å². The number of aromatic amines is 2. The van der Waals surface area contributed by atoms with Crippen LogP contribution in [0, 0.1) is 5.92 Å². The van der Waals surface area contributed by atoms with Gasteiger partial charge in [-0.1, -0.05) is 6.92 Å². The predicted molar refractivity (Wildman–Crippen MR) is 76.8 cm³/mol. The molecule has 2 aromatic heterocycles. The third kappa shape index (κ3) is 2.05. The molecule has 1 aliphatic carbocycles. The summed E-state index contributed by atoms with van der Waals surface area (Å²) >= 11 is 0. The van der Waals surface area contributed by atoms with Crippen LogP contribution in [0.3, 0.4) is 0 Å². The van der Waals surface area contributed by atoms with E-state index >= 15 is 0 Å². The summed E-state index contributed by atoms with van der Waals surface area (Å²) in [4.78, 5) is 22.1. The number of carbonyl (C=O) groups excluding carboxylic acids is 1. The number of nitrogens with zero attached hydrogens (tertiary/aromatic N) is 3. The van der Waals surface area contributed by atoms with Gasteiger partial charge in [-0.05, 0) is 25.2 Å². The molecule has 3 heterocycles. The van der Waals surface area contributed by atoms with Crippen molar-refractivity contribution in [2.24, 2.45) is 5.92 Å². The first-order chi connectivity index (χ1) is 10.2. The second-order valence-corrected chi connectivity index (χ2v) is 6.18. The fourth-order valence-electron chi connectivity index (χ4n) is 3.38. The molecule has 1 aliphatic heterocycles. The number of hydrogen-bond acceptors (Lipinski definition) is 3. The number of hydrogen-bond donors (Lipinski definition) is 2. The van der Waals surface area contributed by atoms with Crippen molar-refractivity contribution in [1.82, 2.24) is 25.1 Å². The Kier molecular flexibility index (Phi) is 2.83. The van der Waals surface area contributed by atoms with Crippen molar-refractivity contribution in [2.75, 3.05) is 6.54 Å². The fraction of sp³-hybridized carbons (Fsp3) is 0.533. The number of H-pyrrole nitrogens is 2. The number of nitrogens with one attached hydrogen (secondary N) is 2. The highest BCUT2D eigenvalue weighted by Gasteiger charge is 2.29. The van der Waals surface area contributed by atoms with E-state index in [1.54, 1.807) is 6.33 Å². The summed E-state index contributed by atoms with van der Waals surface area (Å²) in [5.74, 6) is 0.670. The van der Waals surface area contributed by atoms with Gasteiger partial charge in [0.25, 0.3) is 5.91 Å². The molecule has 0 bridgehead atoms. The minimum Gasteiger partial charge on any atom is -0.347 e. The van der Waals surface area contributed by atoms with Crippen molar-refractivity contribution in [3.63, 3.8) is 0 Å². The Morgan fingerprint density at radius 3 is 3.19 bits per heavy atom. The summed E-state index contributed by atoms with van der Waals surface area (Å²) in [5.41, 5.74) is 5.04. The van der Waals surface area contributed by atoms with E-state index in [1.165, 1.54) is 6.42 Å². The summed E-state index contributed by atoms with van der Waals surface area (Å²) in [6, 6.07) is 0. The van der Waals surface area contributed by atoms with E-state index in [9.17, 15) is 4.79 Å². The van der Waals surface area contributed by atoms with Crippen LogP contribution in [0.15, 0.2) is 6.33 Å². The first-order valence-corrected chi connectivity index (χ1v) is 7.59. The molecule has 2 aromatic rings. The van der Waals surface area contributed by atoms with Crippen molar-refractivity contribution in [1.29, 1.82) is 0 Å². The molecule has 2 aliphatic rings. The molecule has 6 heteroatoms. The Bertz CT molecular complexity index is 686. The van der Waals surface area contributed by atoms with Gasteiger partial charge in [-0.15, -0.1) is 0 Å². The SMILES string of the molecule is C[C@H]1CCc2[nH]nc(C(=O)N3CCc4nc[nH]c4C3)c2C1. The van der Waals surface area contributed by atoms with Crippen LogP contribution in [0.25, 0.3) is 0 Å². The lowest BCUT2D eigenvalue weighted by Crippen LogP contribution is -2.37. The average molecular weight is 285 g/mol. The van der Waals surface area contributed by atoms with Crippen molar-refractivity contribution in [2.45, 2.75) is 39.2 Å². The monoisotopic (exact) mass is 285 g/mol. The largest absolute Gasteiger partial charge is 0.347 e. The maximum atomic E-state index is 12.8. The zero-order valence-corrected chi connectivity index (χ0v) is 12.1. The van der Waals surface area contributed by atoms with Gasteiger partial charge >= 0.3 is 0 Å². The highest BCUT2D eigenvalue weighted by molar-refractivity contribution is 5.94. The molecule has 0 fully saturated rings. The average Bonchev–Trinajstić information content (AvgIpc) is 3.11. The van der Waals surface area contributed by atoms with Crippen LogP contribution in [-0.2, 0) is 25.8 Å². The second kappa shape index (κ2) is 4.72. The summed E-state index contributed by atoms with van der Waals surface area (Å²) in [7, 11) is 0. The zero-order chi connectivity index (χ0) is 14.4. The first kappa shape index (κ1) is 12.6. The van der Waals surface area contributed by atoms with E-state index in [1.807, 2.05) is 4.90 Å². The van der Waals surface area contributed by atoms with Gasteiger partial charge in [-0.3, -0.25) is 9.89 Å². The van der Waals surface area contributed by atoms with E-state index in [-0.39, 0.29) is 5.91 Å². The topological polar surface area (TPSA) is 77.7 Å². The highest BCUT2D eigenvalue weighted by atomic mass is 16.2. The molecule has 0 saturated carbocycles. The third-order valence-corrected chi connectivity index (χ3v) is 4.66. The summed E-state index contributed by atoms with van der Waals surface area (Å²) in [6.07, 6.45) is 5.64. The molecule has 4 rings (SSSR count). The number of fused-ring (bicyclic) bond motifs is 2. The van der Waals surface area contributed by atoms with E-state index < -0.39 is 0 Å². The van der Waals surface area contributed by atoms with Gasteiger partial charge in [0.05, 0.1) is 24.3 Å². The van der Waals surface area contributed by atoms with Crippen LogP contribution in [0.5, 0.6) is 0 Å².